The minimum Gasteiger partial charge on any atom is -0.322 e. The topological polar surface area (TPSA) is 80.9 Å². The van der Waals surface area contributed by atoms with Crippen LogP contribution in [-0.2, 0) is 19.8 Å². The average molecular weight is 498 g/mol. The number of aromatic nitrogens is 5. The fourth-order valence-electron chi connectivity index (χ4n) is 3.85. The highest BCUT2D eigenvalue weighted by Gasteiger charge is 2.33. The summed E-state index contributed by atoms with van der Waals surface area (Å²) in [6.07, 6.45) is -1.09. The zero-order chi connectivity index (χ0) is 26.2. The van der Waals surface area contributed by atoms with Gasteiger partial charge < -0.3 is 10.2 Å². The van der Waals surface area contributed by atoms with Gasteiger partial charge in [-0.25, -0.2) is 4.68 Å². The molecule has 11 heteroatoms. The second-order valence-corrected chi connectivity index (χ2v) is 8.88. The van der Waals surface area contributed by atoms with Crippen LogP contribution in [0.3, 0.4) is 0 Å². The lowest BCUT2D eigenvalue weighted by Crippen LogP contribution is -2.18. The molecule has 0 spiro atoms. The van der Waals surface area contributed by atoms with Crippen LogP contribution in [0.1, 0.15) is 32.7 Å². The first-order valence-corrected chi connectivity index (χ1v) is 11.1. The minimum atomic E-state index is -4.54. The monoisotopic (exact) mass is 497 g/mol. The molecule has 2 heterocycles. The summed E-state index contributed by atoms with van der Waals surface area (Å²) in [5, 5.41) is 15.2. The first kappa shape index (κ1) is 25.1. The highest BCUT2D eigenvalue weighted by Crippen LogP contribution is 2.34. The van der Waals surface area contributed by atoms with Gasteiger partial charge in [-0.2, -0.15) is 18.3 Å². The van der Waals surface area contributed by atoms with Gasteiger partial charge in [-0.15, -0.1) is 5.10 Å². The molecule has 0 saturated carbocycles. The van der Waals surface area contributed by atoms with Crippen molar-refractivity contribution in [3.8, 4) is 16.9 Å². The van der Waals surface area contributed by atoms with E-state index in [1.807, 2.05) is 20.9 Å². The van der Waals surface area contributed by atoms with Crippen molar-refractivity contribution in [2.24, 2.45) is 7.05 Å². The first-order chi connectivity index (χ1) is 16.9. The van der Waals surface area contributed by atoms with Crippen LogP contribution in [0.4, 0.5) is 18.9 Å². The molecular weight excluding hydrogens is 471 g/mol. The van der Waals surface area contributed by atoms with Crippen LogP contribution in [0.2, 0.25) is 0 Å². The zero-order valence-electron chi connectivity index (χ0n) is 20.6. The van der Waals surface area contributed by atoms with E-state index in [2.05, 4.69) is 20.7 Å². The van der Waals surface area contributed by atoms with Gasteiger partial charge in [0.25, 0.3) is 5.91 Å². The van der Waals surface area contributed by atoms with E-state index in [9.17, 15) is 18.0 Å². The van der Waals surface area contributed by atoms with Crippen molar-refractivity contribution < 1.29 is 18.0 Å². The van der Waals surface area contributed by atoms with Crippen LogP contribution in [0.25, 0.3) is 16.9 Å². The molecule has 0 aliphatic rings. The van der Waals surface area contributed by atoms with Gasteiger partial charge in [0.05, 0.1) is 23.6 Å². The van der Waals surface area contributed by atoms with E-state index >= 15 is 0 Å². The van der Waals surface area contributed by atoms with Crippen molar-refractivity contribution in [2.45, 2.75) is 26.6 Å². The Labute approximate surface area is 206 Å². The van der Waals surface area contributed by atoms with Gasteiger partial charge >= 0.3 is 6.18 Å². The number of hydrogen-bond acceptors (Lipinski definition) is 5. The maximum atomic E-state index is 13.6. The van der Waals surface area contributed by atoms with Gasteiger partial charge in [0.15, 0.2) is 0 Å². The third-order valence-electron chi connectivity index (χ3n) is 5.88. The van der Waals surface area contributed by atoms with Gasteiger partial charge in [0.2, 0.25) is 0 Å². The standard InChI is InChI=1S/C25H26F3N7O/c1-15-6-7-17(10-23(15)35-14-22(31-32-35)20-12-29-34(5)16(20)2)24(36)30-19-9-8-18(13-33(3)4)21(11-19)25(26,27)28/h6-12,14H,13H2,1-5H3,(H,30,36). The maximum Gasteiger partial charge on any atom is 0.416 e. The largest absolute Gasteiger partial charge is 0.416 e. The molecule has 4 aromatic rings. The molecule has 0 bridgehead atoms. The molecule has 4 rings (SSSR count). The number of halogens is 3. The average Bonchev–Trinajstić information content (AvgIpc) is 3.41. The van der Waals surface area contributed by atoms with Crippen LogP contribution in [0.15, 0.2) is 48.8 Å². The highest BCUT2D eigenvalue weighted by molar-refractivity contribution is 6.04. The lowest BCUT2D eigenvalue weighted by Gasteiger charge is -2.18. The van der Waals surface area contributed by atoms with E-state index in [-0.39, 0.29) is 23.4 Å². The maximum absolute atomic E-state index is 13.6. The molecule has 0 fully saturated rings. The van der Waals surface area contributed by atoms with Crippen LogP contribution < -0.4 is 5.32 Å². The Balaban J connectivity index is 1.61. The lowest BCUT2D eigenvalue weighted by molar-refractivity contribution is -0.138. The summed E-state index contributed by atoms with van der Waals surface area (Å²) < 4.78 is 44.2. The number of benzene rings is 2. The number of rotatable bonds is 6. The molecule has 1 amide bonds. The summed E-state index contributed by atoms with van der Waals surface area (Å²) >= 11 is 0. The Bertz CT molecular complexity index is 1420. The number of carbonyl (C=O) groups excluding carboxylic acids is 1. The van der Waals surface area contributed by atoms with Gasteiger partial charge in [-0.3, -0.25) is 9.48 Å². The van der Waals surface area contributed by atoms with Gasteiger partial charge in [0, 0.05) is 36.1 Å². The minimum absolute atomic E-state index is 0.0621. The molecule has 1 N–H and O–H groups in total. The number of alkyl halides is 3. The fraction of sp³-hybridized carbons (Fsp3) is 0.280. The van der Waals surface area contributed by atoms with Crippen LogP contribution in [-0.4, -0.2) is 49.7 Å². The Kier molecular flexibility index (Phi) is 6.68. The molecule has 0 aliphatic heterocycles. The number of anilines is 1. The second-order valence-electron chi connectivity index (χ2n) is 8.88. The Morgan fingerprint density at radius 3 is 2.50 bits per heavy atom. The summed E-state index contributed by atoms with van der Waals surface area (Å²) in [5.74, 6) is -0.534. The third-order valence-corrected chi connectivity index (χ3v) is 5.88. The van der Waals surface area contributed by atoms with Crippen LogP contribution in [0.5, 0.6) is 0 Å². The fourth-order valence-corrected chi connectivity index (χ4v) is 3.85. The molecule has 0 aliphatic carbocycles. The quantitative estimate of drug-likeness (QED) is 0.421. The summed E-state index contributed by atoms with van der Waals surface area (Å²) in [4.78, 5) is 14.6. The smallest absolute Gasteiger partial charge is 0.322 e. The summed E-state index contributed by atoms with van der Waals surface area (Å²) in [6.45, 7) is 3.92. The summed E-state index contributed by atoms with van der Waals surface area (Å²) in [5.41, 5.74) is 3.57. The second kappa shape index (κ2) is 9.57. The number of carbonyl (C=O) groups is 1. The number of hydrogen-bond donors (Lipinski definition) is 1. The number of amides is 1. The summed E-state index contributed by atoms with van der Waals surface area (Å²) in [6, 6.07) is 8.82. The molecule has 0 atom stereocenters. The first-order valence-electron chi connectivity index (χ1n) is 11.1. The summed E-state index contributed by atoms with van der Waals surface area (Å²) in [7, 11) is 5.23. The van der Waals surface area contributed by atoms with Gasteiger partial charge in [-0.1, -0.05) is 17.3 Å². The molecule has 2 aromatic heterocycles. The van der Waals surface area contributed by atoms with Crippen molar-refractivity contribution in [3.05, 3.63) is 76.7 Å². The molecule has 188 valence electrons. The van der Waals surface area contributed by atoms with Crippen LogP contribution >= 0.6 is 0 Å². The zero-order valence-corrected chi connectivity index (χ0v) is 20.6. The normalized spacial score (nSPS) is 11.8. The van der Waals surface area contributed by atoms with E-state index in [4.69, 9.17) is 0 Å². The SMILES string of the molecule is Cc1ccc(C(=O)Nc2ccc(CN(C)C)c(C(F)(F)F)c2)cc1-n1cc(-c2cnn(C)c2C)nn1. The van der Waals surface area contributed by atoms with Gasteiger partial charge in [-0.05, 0) is 63.3 Å². The molecular formula is C25H26F3N7O. The van der Waals surface area contributed by atoms with Crippen LogP contribution in [0, 0.1) is 13.8 Å². The molecule has 8 nitrogen and oxygen atoms in total. The van der Waals surface area contributed by atoms with E-state index < -0.39 is 17.6 Å². The van der Waals surface area contributed by atoms with Crippen molar-refractivity contribution in [1.82, 2.24) is 29.7 Å². The molecule has 2 aromatic carbocycles. The number of aryl methyl sites for hydroxylation is 2. The third kappa shape index (κ3) is 5.15. The van der Waals surface area contributed by atoms with E-state index in [0.717, 1.165) is 22.9 Å². The van der Waals surface area contributed by atoms with Crippen molar-refractivity contribution >= 4 is 11.6 Å². The van der Waals surface area contributed by atoms with Crippen molar-refractivity contribution in [2.75, 3.05) is 19.4 Å². The lowest BCUT2D eigenvalue weighted by atomic mass is 10.0. The van der Waals surface area contributed by atoms with E-state index in [1.54, 1.807) is 59.0 Å². The predicted molar refractivity (Wildman–Crippen MR) is 130 cm³/mol. The van der Waals surface area contributed by atoms with Crippen molar-refractivity contribution in [1.29, 1.82) is 0 Å². The van der Waals surface area contributed by atoms with E-state index in [0.29, 0.717) is 11.4 Å². The predicted octanol–water partition coefficient (Wildman–Crippen LogP) is 4.62. The Morgan fingerprint density at radius 1 is 1.11 bits per heavy atom. The van der Waals surface area contributed by atoms with Gasteiger partial charge in [0.1, 0.15) is 5.69 Å². The molecule has 0 saturated heterocycles. The van der Waals surface area contributed by atoms with Crippen molar-refractivity contribution in [3.63, 3.8) is 0 Å². The molecule has 0 radical (unpaired) electrons. The Hall–Kier alpha value is -3.99. The molecule has 0 unspecified atom stereocenters. The highest BCUT2D eigenvalue weighted by atomic mass is 19.4. The number of nitrogens with zero attached hydrogens (tertiary/aromatic N) is 6. The van der Waals surface area contributed by atoms with E-state index in [1.165, 1.54) is 12.1 Å². The Morgan fingerprint density at radius 2 is 1.86 bits per heavy atom. The number of nitrogens with one attached hydrogen (secondary N) is 1. The molecule has 36 heavy (non-hydrogen) atoms.